The van der Waals surface area contributed by atoms with Gasteiger partial charge in [-0.25, -0.2) is 0 Å². The van der Waals surface area contributed by atoms with Crippen molar-refractivity contribution in [3.63, 3.8) is 0 Å². The van der Waals surface area contributed by atoms with E-state index < -0.39 is 0 Å². The quantitative estimate of drug-likeness (QED) is 0.656. The molecule has 0 N–H and O–H groups in total. The topological polar surface area (TPSA) is 0 Å². The molecule has 0 amide bonds. The fraction of sp³-hybridized carbons (Fsp3) is 0.625. The van der Waals surface area contributed by atoms with Crippen molar-refractivity contribution in [1.29, 1.82) is 0 Å². The van der Waals surface area contributed by atoms with Gasteiger partial charge < -0.3 is 0 Å². The standard InChI is InChI=1S/C14H20.C2H6/c1-3-4-8-13-11(2)10-12-7-5-6-9-14(12)13;1-2/h5-7,9,11,13H,3-4,8,10H2,1-2H3;1-2H3. The van der Waals surface area contributed by atoms with E-state index in [0.29, 0.717) is 0 Å². The van der Waals surface area contributed by atoms with Crippen LogP contribution in [0.25, 0.3) is 0 Å². The van der Waals surface area contributed by atoms with E-state index in [9.17, 15) is 0 Å². The molecule has 1 aromatic rings. The first kappa shape index (κ1) is 13.3. The maximum absolute atomic E-state index is 2.40. The average Bonchev–Trinajstić information content (AvgIpc) is 2.65. The summed E-state index contributed by atoms with van der Waals surface area (Å²) in [5.41, 5.74) is 3.23. The van der Waals surface area contributed by atoms with Crippen LogP contribution in [-0.4, -0.2) is 0 Å². The maximum Gasteiger partial charge on any atom is -0.0130 e. The van der Waals surface area contributed by atoms with Gasteiger partial charge in [0.15, 0.2) is 0 Å². The molecule has 0 aromatic heterocycles. The predicted octanol–water partition coefficient (Wildman–Crippen LogP) is 5.18. The highest BCUT2D eigenvalue weighted by atomic mass is 14.3. The first-order valence-electron chi connectivity index (χ1n) is 6.90. The normalized spacial score (nSPS) is 22.2. The molecule has 0 spiro atoms. The van der Waals surface area contributed by atoms with Crippen molar-refractivity contribution in [1.82, 2.24) is 0 Å². The molecule has 2 atom stereocenters. The number of hydrogen-bond donors (Lipinski definition) is 0. The van der Waals surface area contributed by atoms with Gasteiger partial charge in [0.2, 0.25) is 0 Å². The number of hydrogen-bond acceptors (Lipinski definition) is 0. The van der Waals surface area contributed by atoms with E-state index in [0.717, 1.165) is 11.8 Å². The van der Waals surface area contributed by atoms with Crippen LogP contribution in [0.2, 0.25) is 0 Å². The summed E-state index contributed by atoms with van der Waals surface area (Å²) in [6, 6.07) is 9.00. The van der Waals surface area contributed by atoms with Crippen molar-refractivity contribution in [2.45, 2.75) is 59.3 Å². The maximum atomic E-state index is 2.40. The lowest BCUT2D eigenvalue weighted by Crippen LogP contribution is -2.03. The molecule has 0 aliphatic heterocycles. The van der Waals surface area contributed by atoms with Crippen LogP contribution < -0.4 is 0 Å². The second-order valence-electron chi connectivity index (χ2n) is 4.63. The smallest absolute Gasteiger partial charge is 0.0130 e. The summed E-state index contributed by atoms with van der Waals surface area (Å²) in [5, 5.41) is 0. The Morgan fingerprint density at radius 3 is 2.56 bits per heavy atom. The van der Waals surface area contributed by atoms with E-state index >= 15 is 0 Å². The zero-order chi connectivity index (χ0) is 12.0. The third-order valence-electron chi connectivity index (χ3n) is 3.55. The van der Waals surface area contributed by atoms with Gasteiger partial charge in [-0.2, -0.15) is 0 Å². The van der Waals surface area contributed by atoms with Gasteiger partial charge in [0.05, 0.1) is 0 Å². The monoisotopic (exact) mass is 218 g/mol. The summed E-state index contributed by atoms with van der Waals surface area (Å²) in [4.78, 5) is 0. The summed E-state index contributed by atoms with van der Waals surface area (Å²) in [6.45, 7) is 8.69. The lowest BCUT2D eigenvalue weighted by Gasteiger charge is -2.15. The van der Waals surface area contributed by atoms with Gasteiger partial charge in [-0.05, 0) is 35.8 Å². The van der Waals surface area contributed by atoms with Gasteiger partial charge in [-0.1, -0.05) is 64.8 Å². The summed E-state index contributed by atoms with van der Waals surface area (Å²) >= 11 is 0. The molecule has 0 heterocycles. The molecule has 0 nitrogen and oxygen atoms in total. The molecule has 2 rings (SSSR count). The zero-order valence-electron chi connectivity index (χ0n) is 11.3. The molecular formula is C16H26. The molecule has 0 fully saturated rings. The van der Waals surface area contributed by atoms with Crippen LogP contribution in [0.15, 0.2) is 24.3 Å². The average molecular weight is 218 g/mol. The van der Waals surface area contributed by atoms with Gasteiger partial charge in [-0.3, -0.25) is 0 Å². The van der Waals surface area contributed by atoms with Crippen LogP contribution in [0.1, 0.15) is 64.0 Å². The molecule has 0 saturated carbocycles. The largest absolute Gasteiger partial charge is 0.0683 e. The van der Waals surface area contributed by atoms with Gasteiger partial charge in [-0.15, -0.1) is 0 Å². The minimum atomic E-state index is 0.839. The molecule has 90 valence electrons. The van der Waals surface area contributed by atoms with Crippen LogP contribution in [0.3, 0.4) is 0 Å². The fourth-order valence-corrected chi connectivity index (χ4v) is 2.74. The minimum Gasteiger partial charge on any atom is -0.0683 e. The van der Waals surface area contributed by atoms with Crippen LogP contribution in [0, 0.1) is 5.92 Å². The Kier molecular flexibility index (Phi) is 5.59. The SMILES string of the molecule is CC.CCCCC1c2ccccc2CC1C. The van der Waals surface area contributed by atoms with E-state index in [2.05, 4.69) is 38.1 Å². The highest BCUT2D eigenvalue weighted by molar-refractivity contribution is 5.35. The molecule has 1 aromatic carbocycles. The van der Waals surface area contributed by atoms with Crippen molar-refractivity contribution in [3.8, 4) is 0 Å². The number of unbranched alkanes of at least 4 members (excludes halogenated alkanes) is 1. The predicted molar refractivity (Wildman–Crippen MR) is 72.9 cm³/mol. The van der Waals surface area contributed by atoms with E-state index in [1.165, 1.54) is 25.7 Å². The van der Waals surface area contributed by atoms with E-state index in [1.54, 1.807) is 11.1 Å². The van der Waals surface area contributed by atoms with Gasteiger partial charge >= 0.3 is 0 Å². The highest BCUT2D eigenvalue weighted by Crippen LogP contribution is 2.40. The molecule has 2 unspecified atom stereocenters. The van der Waals surface area contributed by atoms with Crippen LogP contribution >= 0.6 is 0 Å². The summed E-state index contributed by atoms with van der Waals surface area (Å²) in [6.07, 6.45) is 5.38. The lowest BCUT2D eigenvalue weighted by atomic mass is 9.89. The Balaban J connectivity index is 0.000000606. The van der Waals surface area contributed by atoms with Crippen LogP contribution in [0.5, 0.6) is 0 Å². The first-order chi connectivity index (χ1) is 7.83. The highest BCUT2D eigenvalue weighted by Gasteiger charge is 2.27. The number of benzene rings is 1. The van der Waals surface area contributed by atoms with Crippen molar-refractivity contribution < 1.29 is 0 Å². The molecule has 1 aliphatic rings. The van der Waals surface area contributed by atoms with Crippen molar-refractivity contribution in [2.75, 3.05) is 0 Å². The minimum absolute atomic E-state index is 0.839. The molecule has 1 aliphatic carbocycles. The lowest BCUT2D eigenvalue weighted by molar-refractivity contribution is 0.456. The molecule has 0 saturated heterocycles. The third-order valence-corrected chi connectivity index (χ3v) is 3.55. The van der Waals surface area contributed by atoms with E-state index in [-0.39, 0.29) is 0 Å². The molecular weight excluding hydrogens is 192 g/mol. The summed E-state index contributed by atoms with van der Waals surface area (Å²) < 4.78 is 0. The number of fused-ring (bicyclic) bond motifs is 1. The van der Waals surface area contributed by atoms with Gasteiger partial charge in [0.1, 0.15) is 0 Å². The molecule has 0 radical (unpaired) electrons. The van der Waals surface area contributed by atoms with E-state index in [1.807, 2.05) is 13.8 Å². The fourth-order valence-electron chi connectivity index (χ4n) is 2.74. The zero-order valence-corrected chi connectivity index (χ0v) is 11.3. The molecule has 16 heavy (non-hydrogen) atoms. The Hall–Kier alpha value is -0.780. The van der Waals surface area contributed by atoms with Crippen molar-refractivity contribution in [3.05, 3.63) is 35.4 Å². The summed E-state index contributed by atoms with van der Waals surface area (Å²) in [7, 11) is 0. The Labute approximate surface area is 101 Å². The molecule has 0 bridgehead atoms. The molecule has 0 heteroatoms. The third kappa shape index (κ3) is 2.87. The second-order valence-corrected chi connectivity index (χ2v) is 4.63. The van der Waals surface area contributed by atoms with Crippen LogP contribution in [-0.2, 0) is 6.42 Å². The van der Waals surface area contributed by atoms with Gasteiger partial charge in [0, 0.05) is 0 Å². The van der Waals surface area contributed by atoms with Crippen LogP contribution in [0.4, 0.5) is 0 Å². The Morgan fingerprint density at radius 2 is 1.88 bits per heavy atom. The Bertz CT molecular complexity index is 301. The number of rotatable bonds is 3. The second kappa shape index (κ2) is 6.73. The van der Waals surface area contributed by atoms with E-state index in [4.69, 9.17) is 0 Å². The van der Waals surface area contributed by atoms with Crippen molar-refractivity contribution >= 4 is 0 Å². The Morgan fingerprint density at radius 1 is 1.19 bits per heavy atom. The van der Waals surface area contributed by atoms with Gasteiger partial charge in [0.25, 0.3) is 0 Å². The summed E-state index contributed by atoms with van der Waals surface area (Å²) in [5.74, 6) is 1.70. The first-order valence-corrected chi connectivity index (χ1v) is 6.90. The van der Waals surface area contributed by atoms with Crippen molar-refractivity contribution in [2.24, 2.45) is 5.92 Å².